The summed E-state index contributed by atoms with van der Waals surface area (Å²) in [5, 5.41) is 6.53. The Morgan fingerprint density at radius 1 is 1.33 bits per heavy atom. The summed E-state index contributed by atoms with van der Waals surface area (Å²) in [7, 11) is 1.90. The molecule has 0 saturated heterocycles. The van der Waals surface area contributed by atoms with Crippen LogP contribution in [0.3, 0.4) is 0 Å². The Kier molecular flexibility index (Phi) is 4.00. The van der Waals surface area contributed by atoms with Crippen molar-refractivity contribution in [1.29, 1.82) is 0 Å². The van der Waals surface area contributed by atoms with Crippen molar-refractivity contribution in [2.24, 2.45) is 0 Å². The lowest BCUT2D eigenvalue weighted by Gasteiger charge is -2.22. The molecule has 1 heterocycles. The molecule has 2 N–H and O–H groups in total. The summed E-state index contributed by atoms with van der Waals surface area (Å²) in [4.78, 5) is 9.12. The molecule has 18 heavy (non-hydrogen) atoms. The normalized spacial score (nSPS) is 15.6. The molecule has 0 radical (unpaired) electrons. The smallest absolute Gasteiger partial charge is 0.136 e. The van der Waals surface area contributed by atoms with Gasteiger partial charge in [0.1, 0.15) is 17.5 Å². The van der Waals surface area contributed by atoms with Crippen LogP contribution in [0.25, 0.3) is 0 Å². The standard InChI is InChI=1S/C13H22N4S/c1-13(2,18-4)8-15-11-7-10(14-3)16-12(17-11)9-5-6-9/h7,9H,5-6,8H2,1-4H3,(H2,14,15,16,17). The highest BCUT2D eigenvalue weighted by atomic mass is 32.2. The number of aromatic nitrogens is 2. The van der Waals surface area contributed by atoms with Crippen molar-refractivity contribution in [3.63, 3.8) is 0 Å². The van der Waals surface area contributed by atoms with Gasteiger partial charge in [-0.1, -0.05) is 0 Å². The molecule has 1 aliphatic rings. The van der Waals surface area contributed by atoms with Gasteiger partial charge in [-0.15, -0.1) is 0 Å². The zero-order valence-electron chi connectivity index (χ0n) is 11.6. The Morgan fingerprint density at radius 2 is 2.00 bits per heavy atom. The Labute approximate surface area is 113 Å². The lowest BCUT2D eigenvalue weighted by Crippen LogP contribution is -2.26. The second kappa shape index (κ2) is 5.34. The fourth-order valence-corrected chi connectivity index (χ4v) is 1.80. The third-order valence-corrected chi connectivity index (χ3v) is 4.44. The van der Waals surface area contributed by atoms with E-state index < -0.39 is 0 Å². The molecule has 2 rings (SSSR count). The minimum atomic E-state index is 0.213. The molecule has 1 saturated carbocycles. The Balaban J connectivity index is 2.09. The van der Waals surface area contributed by atoms with Gasteiger partial charge in [0.05, 0.1) is 0 Å². The van der Waals surface area contributed by atoms with Gasteiger partial charge in [-0.2, -0.15) is 11.8 Å². The summed E-state index contributed by atoms with van der Waals surface area (Å²) in [5.41, 5.74) is 0. The number of hydrogen-bond acceptors (Lipinski definition) is 5. The molecule has 4 nitrogen and oxygen atoms in total. The minimum Gasteiger partial charge on any atom is -0.373 e. The van der Waals surface area contributed by atoms with E-state index in [0.29, 0.717) is 5.92 Å². The van der Waals surface area contributed by atoms with Crippen LogP contribution in [0.2, 0.25) is 0 Å². The first-order valence-electron chi connectivity index (χ1n) is 6.40. The number of nitrogens with one attached hydrogen (secondary N) is 2. The van der Waals surface area contributed by atoms with Gasteiger partial charge >= 0.3 is 0 Å². The Bertz CT molecular complexity index is 415. The maximum absolute atomic E-state index is 4.61. The number of hydrogen-bond donors (Lipinski definition) is 2. The van der Waals surface area contributed by atoms with Gasteiger partial charge in [0.15, 0.2) is 0 Å². The Morgan fingerprint density at radius 3 is 2.56 bits per heavy atom. The molecular formula is C13H22N4S. The van der Waals surface area contributed by atoms with Crippen molar-refractivity contribution < 1.29 is 0 Å². The molecule has 0 bridgehead atoms. The number of anilines is 2. The SMILES string of the molecule is CNc1cc(NCC(C)(C)SC)nc(C2CC2)n1. The van der Waals surface area contributed by atoms with Gasteiger partial charge < -0.3 is 10.6 Å². The monoisotopic (exact) mass is 266 g/mol. The van der Waals surface area contributed by atoms with Gasteiger partial charge in [0, 0.05) is 30.3 Å². The largest absolute Gasteiger partial charge is 0.373 e. The highest BCUT2D eigenvalue weighted by molar-refractivity contribution is 7.99. The van der Waals surface area contributed by atoms with Crippen molar-refractivity contribution in [1.82, 2.24) is 9.97 Å². The van der Waals surface area contributed by atoms with Gasteiger partial charge in [-0.05, 0) is 32.9 Å². The second-order valence-electron chi connectivity index (χ2n) is 5.34. The van der Waals surface area contributed by atoms with Crippen LogP contribution in [0.4, 0.5) is 11.6 Å². The highest BCUT2D eigenvalue weighted by Crippen LogP contribution is 2.38. The molecule has 0 unspecified atom stereocenters. The van der Waals surface area contributed by atoms with Crippen molar-refractivity contribution >= 4 is 23.4 Å². The van der Waals surface area contributed by atoms with Crippen LogP contribution >= 0.6 is 11.8 Å². The van der Waals surface area contributed by atoms with Gasteiger partial charge in [0.2, 0.25) is 0 Å². The third-order valence-electron chi connectivity index (χ3n) is 3.19. The number of rotatable bonds is 6. The fourth-order valence-electron chi connectivity index (χ4n) is 1.58. The zero-order chi connectivity index (χ0) is 13.2. The molecule has 1 fully saturated rings. The second-order valence-corrected chi connectivity index (χ2v) is 6.85. The molecule has 5 heteroatoms. The number of nitrogens with zero attached hydrogens (tertiary/aromatic N) is 2. The summed E-state index contributed by atoms with van der Waals surface area (Å²) < 4.78 is 0.213. The predicted octanol–water partition coefficient (Wildman–Crippen LogP) is 2.95. The summed E-state index contributed by atoms with van der Waals surface area (Å²) in [6.07, 6.45) is 4.59. The van der Waals surface area contributed by atoms with Gasteiger partial charge in [0.25, 0.3) is 0 Å². The highest BCUT2D eigenvalue weighted by Gasteiger charge is 2.27. The summed E-state index contributed by atoms with van der Waals surface area (Å²) >= 11 is 1.86. The van der Waals surface area contributed by atoms with E-state index in [1.54, 1.807) is 0 Å². The van der Waals surface area contributed by atoms with E-state index in [0.717, 1.165) is 24.0 Å². The molecule has 1 aromatic heterocycles. The minimum absolute atomic E-state index is 0.213. The molecule has 0 aliphatic heterocycles. The van der Waals surface area contributed by atoms with E-state index in [9.17, 15) is 0 Å². The average Bonchev–Trinajstić information content (AvgIpc) is 3.20. The van der Waals surface area contributed by atoms with E-state index in [4.69, 9.17) is 0 Å². The molecule has 1 aliphatic carbocycles. The predicted molar refractivity (Wildman–Crippen MR) is 79.6 cm³/mol. The summed E-state index contributed by atoms with van der Waals surface area (Å²) in [6, 6.07) is 1.97. The van der Waals surface area contributed by atoms with Crippen LogP contribution < -0.4 is 10.6 Å². The first-order valence-corrected chi connectivity index (χ1v) is 7.62. The topological polar surface area (TPSA) is 49.8 Å². The van der Waals surface area contributed by atoms with E-state index in [2.05, 4.69) is 40.7 Å². The fraction of sp³-hybridized carbons (Fsp3) is 0.692. The zero-order valence-corrected chi connectivity index (χ0v) is 12.4. The summed E-state index contributed by atoms with van der Waals surface area (Å²) in [5.74, 6) is 3.38. The van der Waals surface area contributed by atoms with Crippen molar-refractivity contribution in [3.8, 4) is 0 Å². The van der Waals surface area contributed by atoms with Crippen molar-refractivity contribution in [2.45, 2.75) is 37.4 Å². The van der Waals surface area contributed by atoms with E-state index in [-0.39, 0.29) is 4.75 Å². The van der Waals surface area contributed by atoms with Crippen LogP contribution in [0.15, 0.2) is 6.07 Å². The quantitative estimate of drug-likeness (QED) is 0.829. The van der Waals surface area contributed by atoms with Crippen LogP contribution in [0, 0.1) is 0 Å². The van der Waals surface area contributed by atoms with Crippen LogP contribution in [0.5, 0.6) is 0 Å². The van der Waals surface area contributed by atoms with Crippen molar-refractivity contribution in [3.05, 3.63) is 11.9 Å². The Hall–Kier alpha value is -0.970. The van der Waals surface area contributed by atoms with Crippen LogP contribution in [-0.2, 0) is 0 Å². The molecule has 1 aromatic rings. The van der Waals surface area contributed by atoms with E-state index in [1.165, 1.54) is 12.8 Å². The van der Waals surface area contributed by atoms with Gasteiger partial charge in [-0.3, -0.25) is 0 Å². The van der Waals surface area contributed by atoms with Gasteiger partial charge in [-0.25, -0.2) is 9.97 Å². The molecule has 0 aromatic carbocycles. The maximum Gasteiger partial charge on any atom is 0.136 e. The molecule has 0 atom stereocenters. The molecule has 0 amide bonds. The lowest BCUT2D eigenvalue weighted by molar-refractivity contribution is 0.748. The average molecular weight is 266 g/mol. The van der Waals surface area contributed by atoms with Crippen LogP contribution in [0.1, 0.15) is 38.4 Å². The maximum atomic E-state index is 4.61. The number of thioether (sulfide) groups is 1. The van der Waals surface area contributed by atoms with E-state index in [1.807, 2.05) is 24.9 Å². The van der Waals surface area contributed by atoms with Crippen LogP contribution in [-0.4, -0.2) is 34.6 Å². The molecule has 100 valence electrons. The first-order chi connectivity index (χ1) is 8.54. The van der Waals surface area contributed by atoms with Crippen molar-refractivity contribution in [2.75, 3.05) is 30.5 Å². The first kappa shape index (κ1) is 13.5. The summed E-state index contributed by atoms with van der Waals surface area (Å²) in [6.45, 7) is 5.36. The third kappa shape index (κ3) is 3.51. The lowest BCUT2D eigenvalue weighted by atomic mass is 10.2. The molecular weight excluding hydrogens is 244 g/mol. The molecule has 0 spiro atoms. The van der Waals surface area contributed by atoms with E-state index >= 15 is 0 Å².